The monoisotopic (exact) mass is 129 g/mol. The van der Waals surface area contributed by atoms with Crippen LogP contribution >= 0.6 is 0 Å². The van der Waals surface area contributed by atoms with Gasteiger partial charge in [0.1, 0.15) is 0 Å². The Kier molecular flexibility index (Phi) is 3.01. The fraction of sp³-hybridized carbons (Fsp3) is 0.857. The molecule has 0 aliphatic carbocycles. The van der Waals surface area contributed by atoms with Gasteiger partial charge in [0.05, 0.1) is 12.7 Å². The van der Waals surface area contributed by atoms with Crippen LogP contribution in [0.25, 0.3) is 0 Å². The van der Waals surface area contributed by atoms with Gasteiger partial charge in [0.25, 0.3) is 0 Å². The smallest absolute Gasteiger partial charge is 0.0809 e. The topological polar surface area (TPSA) is 18.5 Å². The van der Waals surface area contributed by atoms with E-state index < -0.39 is 0 Å². The molecule has 1 heterocycles. The van der Waals surface area contributed by atoms with E-state index in [1.807, 2.05) is 0 Å². The van der Waals surface area contributed by atoms with E-state index in [4.69, 9.17) is 9.47 Å². The Bertz CT molecular complexity index is 67.3. The first kappa shape index (κ1) is 7.03. The van der Waals surface area contributed by atoms with Gasteiger partial charge in [-0.2, -0.15) is 0 Å². The number of rotatable bonds is 3. The van der Waals surface area contributed by atoms with Crippen molar-refractivity contribution < 1.29 is 9.47 Å². The van der Waals surface area contributed by atoms with Crippen molar-refractivity contribution in [2.45, 2.75) is 18.9 Å². The maximum Gasteiger partial charge on any atom is 0.0809 e. The van der Waals surface area contributed by atoms with Crippen LogP contribution in [-0.2, 0) is 9.47 Å². The van der Waals surface area contributed by atoms with E-state index in [9.17, 15) is 0 Å². The van der Waals surface area contributed by atoms with Gasteiger partial charge in [0.2, 0.25) is 0 Å². The van der Waals surface area contributed by atoms with Gasteiger partial charge in [-0.3, -0.25) is 0 Å². The zero-order valence-electron chi connectivity index (χ0n) is 5.64. The molecule has 1 unspecified atom stereocenters. The second-order valence-corrected chi connectivity index (χ2v) is 2.21. The third-order valence-corrected chi connectivity index (χ3v) is 1.47. The largest absolute Gasteiger partial charge is 0.379 e. The molecule has 1 fully saturated rings. The van der Waals surface area contributed by atoms with E-state index in [1.165, 1.54) is 6.42 Å². The van der Waals surface area contributed by atoms with E-state index in [0.717, 1.165) is 19.6 Å². The molecule has 0 aromatic rings. The van der Waals surface area contributed by atoms with Gasteiger partial charge in [-0.05, 0) is 19.8 Å². The van der Waals surface area contributed by atoms with E-state index in [1.54, 1.807) is 0 Å². The molecule has 0 amide bonds. The molecule has 2 heteroatoms. The van der Waals surface area contributed by atoms with Gasteiger partial charge in [0, 0.05) is 13.2 Å². The van der Waals surface area contributed by atoms with Crippen LogP contribution in [0.15, 0.2) is 0 Å². The SMILES string of the molecule is [CH2]COCC1CCCO1. The lowest BCUT2D eigenvalue weighted by molar-refractivity contribution is 0.0262. The lowest BCUT2D eigenvalue weighted by Crippen LogP contribution is -2.13. The lowest BCUT2D eigenvalue weighted by Gasteiger charge is -2.07. The third-order valence-electron chi connectivity index (χ3n) is 1.47. The highest BCUT2D eigenvalue weighted by Crippen LogP contribution is 2.11. The maximum atomic E-state index is 5.30. The number of hydrogen-bond acceptors (Lipinski definition) is 2. The average molecular weight is 129 g/mol. The Morgan fingerprint density at radius 3 is 3.11 bits per heavy atom. The first-order chi connectivity index (χ1) is 4.43. The van der Waals surface area contributed by atoms with Crippen LogP contribution in [0.4, 0.5) is 0 Å². The summed E-state index contributed by atoms with van der Waals surface area (Å²) >= 11 is 0. The molecule has 0 saturated carbocycles. The summed E-state index contributed by atoms with van der Waals surface area (Å²) in [4.78, 5) is 0. The van der Waals surface area contributed by atoms with Crippen molar-refractivity contribution in [3.8, 4) is 0 Å². The molecule has 1 aliphatic heterocycles. The van der Waals surface area contributed by atoms with Crippen molar-refractivity contribution >= 4 is 0 Å². The highest BCUT2D eigenvalue weighted by Gasteiger charge is 2.14. The summed E-state index contributed by atoms with van der Waals surface area (Å²) in [6.07, 6.45) is 2.69. The van der Waals surface area contributed by atoms with Gasteiger partial charge in [-0.1, -0.05) is 0 Å². The summed E-state index contributed by atoms with van der Waals surface area (Å²) in [7, 11) is 0. The van der Waals surface area contributed by atoms with Crippen LogP contribution in [-0.4, -0.2) is 25.9 Å². The van der Waals surface area contributed by atoms with Crippen molar-refractivity contribution in [1.82, 2.24) is 0 Å². The fourth-order valence-electron chi connectivity index (χ4n) is 0.991. The molecule has 9 heavy (non-hydrogen) atoms. The minimum Gasteiger partial charge on any atom is -0.379 e. The summed E-state index contributed by atoms with van der Waals surface area (Å²) in [6, 6.07) is 0. The summed E-state index contributed by atoms with van der Waals surface area (Å²) in [5, 5.41) is 0. The second kappa shape index (κ2) is 3.85. The second-order valence-electron chi connectivity index (χ2n) is 2.21. The Hall–Kier alpha value is -0.0800. The molecule has 1 radical (unpaired) electrons. The van der Waals surface area contributed by atoms with Gasteiger partial charge in [-0.15, -0.1) is 0 Å². The van der Waals surface area contributed by atoms with Crippen LogP contribution in [0.1, 0.15) is 12.8 Å². The summed E-state index contributed by atoms with van der Waals surface area (Å²) in [5.74, 6) is 0. The first-order valence-electron chi connectivity index (χ1n) is 3.42. The van der Waals surface area contributed by atoms with Crippen molar-refractivity contribution in [3.63, 3.8) is 0 Å². The van der Waals surface area contributed by atoms with Gasteiger partial charge in [0.15, 0.2) is 0 Å². The maximum absolute atomic E-state index is 5.30. The standard InChI is InChI=1S/C7H13O2/c1-2-8-6-7-4-3-5-9-7/h7H,1-6H2. The molecular formula is C7H13O2. The highest BCUT2D eigenvalue weighted by atomic mass is 16.5. The predicted molar refractivity (Wildman–Crippen MR) is 35.1 cm³/mol. The van der Waals surface area contributed by atoms with Crippen LogP contribution in [0.2, 0.25) is 0 Å². The molecule has 0 N–H and O–H groups in total. The van der Waals surface area contributed by atoms with Crippen molar-refractivity contribution in [2.24, 2.45) is 0 Å². The summed E-state index contributed by atoms with van der Waals surface area (Å²) in [6.45, 7) is 5.76. The molecule has 1 saturated heterocycles. The number of hydrogen-bond donors (Lipinski definition) is 0. The minimum atomic E-state index is 0.353. The Labute approximate surface area is 56.2 Å². The van der Waals surface area contributed by atoms with Gasteiger partial charge in [-0.25, -0.2) is 0 Å². The van der Waals surface area contributed by atoms with Crippen LogP contribution in [0, 0.1) is 6.92 Å². The molecule has 53 valence electrons. The van der Waals surface area contributed by atoms with Crippen molar-refractivity contribution in [2.75, 3.05) is 19.8 Å². The predicted octanol–water partition coefficient (Wildman–Crippen LogP) is 1.02. The van der Waals surface area contributed by atoms with E-state index >= 15 is 0 Å². The Morgan fingerprint density at radius 2 is 2.56 bits per heavy atom. The average Bonchev–Trinajstić information content (AvgIpc) is 2.34. The number of ether oxygens (including phenoxy) is 2. The molecule has 1 atom stereocenters. The lowest BCUT2D eigenvalue weighted by atomic mass is 10.2. The Balaban J connectivity index is 1.98. The molecule has 2 nitrogen and oxygen atoms in total. The van der Waals surface area contributed by atoms with Gasteiger partial charge < -0.3 is 9.47 Å². The van der Waals surface area contributed by atoms with Crippen LogP contribution in [0.3, 0.4) is 0 Å². The quantitative estimate of drug-likeness (QED) is 0.566. The van der Waals surface area contributed by atoms with E-state index in [-0.39, 0.29) is 0 Å². The Morgan fingerprint density at radius 1 is 1.67 bits per heavy atom. The van der Waals surface area contributed by atoms with E-state index in [0.29, 0.717) is 12.7 Å². The summed E-state index contributed by atoms with van der Waals surface area (Å²) < 4.78 is 10.4. The first-order valence-corrected chi connectivity index (χ1v) is 3.42. The fourth-order valence-corrected chi connectivity index (χ4v) is 0.991. The molecule has 0 spiro atoms. The zero-order chi connectivity index (χ0) is 6.53. The molecular weight excluding hydrogens is 116 g/mol. The van der Waals surface area contributed by atoms with Crippen LogP contribution < -0.4 is 0 Å². The van der Waals surface area contributed by atoms with Crippen LogP contribution in [0.5, 0.6) is 0 Å². The molecule has 0 bridgehead atoms. The zero-order valence-corrected chi connectivity index (χ0v) is 5.64. The normalized spacial score (nSPS) is 27.0. The third kappa shape index (κ3) is 2.33. The molecule has 0 aromatic carbocycles. The van der Waals surface area contributed by atoms with E-state index in [2.05, 4.69) is 6.92 Å². The van der Waals surface area contributed by atoms with Crippen molar-refractivity contribution in [1.29, 1.82) is 0 Å². The van der Waals surface area contributed by atoms with Crippen molar-refractivity contribution in [3.05, 3.63) is 6.92 Å². The summed E-state index contributed by atoms with van der Waals surface area (Å²) in [5.41, 5.74) is 0. The molecule has 1 aliphatic rings. The molecule has 0 aromatic heterocycles. The van der Waals surface area contributed by atoms with Gasteiger partial charge >= 0.3 is 0 Å². The highest BCUT2D eigenvalue weighted by molar-refractivity contribution is 4.63. The molecule has 1 rings (SSSR count). The minimum absolute atomic E-state index is 0.353.